The van der Waals surface area contributed by atoms with Gasteiger partial charge in [0.15, 0.2) is 0 Å². The smallest absolute Gasteiger partial charge is 0.215 e. The topological polar surface area (TPSA) is 32.3 Å². The third-order valence-corrected chi connectivity index (χ3v) is 0.633. The Bertz CT molecular complexity index is 107. The van der Waals surface area contributed by atoms with Crippen molar-refractivity contribution in [3.05, 3.63) is 30.7 Å². The lowest BCUT2D eigenvalue weighted by atomic mass is 10.4. The Morgan fingerprint density at radius 2 is 2.57 bits per heavy atom. The first-order valence-corrected chi connectivity index (χ1v) is 1.97. The van der Waals surface area contributed by atoms with Crippen LogP contribution in [0.5, 0.6) is 0 Å². The predicted octanol–water partition coefficient (Wildman–Crippen LogP) is 0.325. The fraction of sp³-hybridized carbons (Fsp3) is 0. The van der Waals surface area contributed by atoms with Crippen LogP contribution in [0.3, 0.4) is 0 Å². The third kappa shape index (κ3) is 1.05. The van der Waals surface area contributed by atoms with E-state index in [2.05, 4.69) is 11.4 Å². The summed E-state index contributed by atoms with van der Waals surface area (Å²) in [7, 11) is 0. The fourth-order valence-electron chi connectivity index (χ4n) is 0.344. The molecule has 0 aliphatic carbocycles. The molecule has 0 atom stereocenters. The van der Waals surface area contributed by atoms with Gasteiger partial charge in [-0.3, -0.25) is 0 Å². The zero-order valence-electron chi connectivity index (χ0n) is 3.68. The Balaban J connectivity index is 2.49. The molecule has 2 N–H and O–H groups in total. The standard InChI is InChI=1S/C5H5NO/c7-5-3-1-2-4-6-5/h1-2,4,6-7H. The third-order valence-electron chi connectivity index (χ3n) is 0.633. The molecule has 0 saturated carbocycles. The van der Waals surface area contributed by atoms with Gasteiger partial charge in [-0.1, -0.05) is 6.08 Å². The molecule has 0 amide bonds. The Hall–Kier alpha value is -0.760. The van der Waals surface area contributed by atoms with Gasteiger partial charge in [0.05, 0.1) is 0 Å². The average Bonchev–Trinajstić information content (AvgIpc) is 1.69. The zero-order chi connectivity index (χ0) is 5.11. The molecule has 0 unspecified atom stereocenters. The van der Waals surface area contributed by atoms with Crippen molar-refractivity contribution in [3.63, 3.8) is 0 Å². The summed E-state index contributed by atoms with van der Waals surface area (Å²) in [4.78, 5) is 0. The van der Waals surface area contributed by atoms with E-state index in [1.54, 1.807) is 18.4 Å². The molecule has 1 rings (SSSR count). The molecule has 0 aromatic heterocycles. The molecule has 0 saturated heterocycles. The maximum atomic E-state index is 8.52. The molecule has 2 nitrogen and oxygen atoms in total. The summed E-state index contributed by atoms with van der Waals surface area (Å²) in [5.74, 6) is 0. The highest BCUT2D eigenvalue weighted by Crippen LogP contribution is 1.93. The average molecular weight is 95.1 g/mol. The summed E-state index contributed by atoms with van der Waals surface area (Å²) < 4.78 is 0. The van der Waals surface area contributed by atoms with Crippen LogP contribution >= 0.6 is 0 Å². The molecule has 1 aliphatic rings. The molecule has 0 fully saturated rings. The molecule has 0 spiro atoms. The van der Waals surface area contributed by atoms with Crippen LogP contribution < -0.4 is 5.32 Å². The summed E-state index contributed by atoms with van der Waals surface area (Å²) in [6, 6.07) is 0. The van der Waals surface area contributed by atoms with E-state index in [-0.39, 0.29) is 6.23 Å². The Kier molecular flexibility index (Phi) is 1.13. The van der Waals surface area contributed by atoms with E-state index in [0.717, 1.165) is 0 Å². The normalized spacial score (nSPS) is 19.6. The van der Waals surface area contributed by atoms with E-state index in [9.17, 15) is 0 Å². The lowest BCUT2D eigenvalue weighted by Crippen LogP contribution is -2.13. The molecule has 1 aliphatic heterocycles. The molecule has 2 radical (unpaired) electrons. The summed E-state index contributed by atoms with van der Waals surface area (Å²) >= 11 is 0. The van der Waals surface area contributed by atoms with Gasteiger partial charge in [-0.25, -0.2) is 0 Å². The first-order chi connectivity index (χ1) is 3.39. The highest BCUT2D eigenvalue weighted by atomic mass is 16.3. The number of aliphatic hydroxyl groups is 1. The molecule has 0 aromatic carbocycles. The summed E-state index contributed by atoms with van der Waals surface area (Å²) in [5.41, 5.74) is 0. The highest BCUT2D eigenvalue weighted by Gasteiger charge is 1.96. The molecule has 1 heterocycles. The predicted molar refractivity (Wildman–Crippen MR) is 25.3 cm³/mol. The van der Waals surface area contributed by atoms with Crippen LogP contribution in [0, 0.1) is 12.3 Å². The Morgan fingerprint density at radius 3 is 2.86 bits per heavy atom. The van der Waals surface area contributed by atoms with Gasteiger partial charge >= 0.3 is 0 Å². The van der Waals surface area contributed by atoms with Gasteiger partial charge in [0.25, 0.3) is 0 Å². The van der Waals surface area contributed by atoms with Gasteiger partial charge in [-0.05, 0) is 12.3 Å². The second-order valence-electron chi connectivity index (χ2n) is 1.16. The van der Waals surface area contributed by atoms with Gasteiger partial charge in [0.2, 0.25) is 6.23 Å². The van der Waals surface area contributed by atoms with Gasteiger partial charge in [0, 0.05) is 6.08 Å². The van der Waals surface area contributed by atoms with E-state index in [1.807, 2.05) is 0 Å². The van der Waals surface area contributed by atoms with E-state index < -0.39 is 0 Å². The van der Waals surface area contributed by atoms with Crippen molar-refractivity contribution in [2.24, 2.45) is 0 Å². The quantitative estimate of drug-likeness (QED) is 0.454. The first kappa shape index (κ1) is 4.40. The molecular formula is C5H5NO. The minimum Gasteiger partial charge on any atom is -0.363 e. The van der Waals surface area contributed by atoms with Crippen molar-refractivity contribution in [1.29, 1.82) is 0 Å². The summed E-state index contributed by atoms with van der Waals surface area (Å²) in [6.07, 6.45) is 7.61. The van der Waals surface area contributed by atoms with Crippen LogP contribution in [0.2, 0.25) is 0 Å². The van der Waals surface area contributed by atoms with Crippen LogP contribution in [0.1, 0.15) is 0 Å². The van der Waals surface area contributed by atoms with Crippen LogP contribution in [-0.2, 0) is 0 Å². The number of dihydropyridines is 1. The van der Waals surface area contributed by atoms with Gasteiger partial charge < -0.3 is 10.4 Å². The van der Waals surface area contributed by atoms with Crippen LogP contribution in [0.15, 0.2) is 18.4 Å². The molecule has 0 bridgehead atoms. The van der Waals surface area contributed by atoms with Crippen molar-refractivity contribution < 1.29 is 5.11 Å². The lowest BCUT2D eigenvalue weighted by molar-refractivity contribution is 0.304. The van der Waals surface area contributed by atoms with Gasteiger partial charge in [0.1, 0.15) is 0 Å². The van der Waals surface area contributed by atoms with Crippen molar-refractivity contribution in [2.75, 3.05) is 0 Å². The van der Waals surface area contributed by atoms with Crippen molar-refractivity contribution in [2.45, 2.75) is 0 Å². The van der Waals surface area contributed by atoms with Crippen molar-refractivity contribution >= 4 is 0 Å². The molecule has 36 valence electrons. The number of rotatable bonds is 0. The number of aliphatic hydroxyl groups excluding tert-OH is 1. The fourth-order valence-corrected chi connectivity index (χ4v) is 0.344. The van der Waals surface area contributed by atoms with Crippen molar-refractivity contribution in [3.8, 4) is 0 Å². The minimum atomic E-state index is 0.0718. The SMILES string of the molecule is O[C]1[C]=CC=CN1. The Labute approximate surface area is 42.2 Å². The number of allylic oxidation sites excluding steroid dienone is 2. The lowest BCUT2D eigenvalue weighted by Gasteiger charge is -2.03. The van der Waals surface area contributed by atoms with E-state index in [4.69, 9.17) is 5.11 Å². The largest absolute Gasteiger partial charge is 0.363 e. The van der Waals surface area contributed by atoms with Crippen LogP contribution in [-0.4, -0.2) is 5.11 Å². The zero-order valence-corrected chi connectivity index (χ0v) is 3.68. The second kappa shape index (κ2) is 1.80. The summed E-state index contributed by atoms with van der Waals surface area (Å²) in [6.45, 7) is 0. The molecule has 2 heteroatoms. The maximum Gasteiger partial charge on any atom is 0.215 e. The molecular weight excluding hydrogens is 90.1 g/mol. The van der Waals surface area contributed by atoms with Crippen molar-refractivity contribution in [1.82, 2.24) is 5.32 Å². The van der Waals surface area contributed by atoms with Crippen LogP contribution in [0.4, 0.5) is 0 Å². The first-order valence-electron chi connectivity index (χ1n) is 1.97. The highest BCUT2D eigenvalue weighted by molar-refractivity contribution is 5.10. The van der Waals surface area contributed by atoms with E-state index >= 15 is 0 Å². The minimum absolute atomic E-state index is 0.0718. The van der Waals surface area contributed by atoms with E-state index in [0.29, 0.717) is 0 Å². The number of nitrogens with one attached hydrogen (secondary N) is 1. The molecule has 0 aromatic rings. The van der Waals surface area contributed by atoms with Gasteiger partial charge in [-0.15, -0.1) is 0 Å². The second-order valence-corrected chi connectivity index (χ2v) is 1.16. The number of hydrogen-bond acceptors (Lipinski definition) is 2. The van der Waals surface area contributed by atoms with Gasteiger partial charge in [-0.2, -0.15) is 0 Å². The van der Waals surface area contributed by atoms with E-state index in [1.165, 1.54) is 0 Å². The monoisotopic (exact) mass is 95.0 g/mol. The summed E-state index contributed by atoms with van der Waals surface area (Å²) in [5, 5.41) is 11.1. The van der Waals surface area contributed by atoms with Crippen LogP contribution in [0.25, 0.3) is 0 Å². The Morgan fingerprint density at radius 1 is 1.71 bits per heavy atom. The number of hydrogen-bond donors (Lipinski definition) is 2. The molecule has 7 heavy (non-hydrogen) atoms. The maximum absolute atomic E-state index is 8.52.